The Morgan fingerprint density at radius 1 is 1.29 bits per heavy atom. The maximum absolute atomic E-state index is 12.1. The molecule has 1 aromatic heterocycles. The Labute approximate surface area is 122 Å². The van der Waals surface area contributed by atoms with E-state index in [1.54, 1.807) is 25.1 Å². The van der Waals surface area contributed by atoms with Gasteiger partial charge in [0.05, 0.1) is 17.0 Å². The van der Waals surface area contributed by atoms with Crippen molar-refractivity contribution in [2.75, 3.05) is 18.8 Å². The molecule has 0 unspecified atom stereocenters. The Balaban J connectivity index is 2.24. The minimum Gasteiger partial charge on any atom is -0.384 e. The van der Waals surface area contributed by atoms with Crippen LogP contribution < -0.4 is 15.8 Å². The molecule has 2 rings (SSSR count). The number of pyridine rings is 1. The zero-order valence-corrected chi connectivity index (χ0v) is 12.3. The molecule has 0 aliphatic rings. The fourth-order valence-corrected chi connectivity index (χ4v) is 2.81. The number of fused-ring (bicyclic) bond motifs is 1. The van der Waals surface area contributed by atoms with Crippen molar-refractivity contribution in [3.63, 3.8) is 0 Å². The number of carbonyl (C=O) groups excluding carboxylic acids is 1. The Morgan fingerprint density at radius 2 is 2.05 bits per heavy atom. The van der Waals surface area contributed by atoms with Crippen LogP contribution in [0.4, 0.5) is 5.82 Å². The second-order valence-electron chi connectivity index (χ2n) is 4.37. The molecule has 0 atom stereocenters. The number of sulfonamides is 1. The summed E-state index contributed by atoms with van der Waals surface area (Å²) in [6, 6.07) is 7.78. The van der Waals surface area contributed by atoms with Crippen LogP contribution in [0.25, 0.3) is 10.9 Å². The van der Waals surface area contributed by atoms with E-state index in [4.69, 9.17) is 5.73 Å². The highest BCUT2D eigenvalue weighted by Crippen LogP contribution is 2.18. The number of anilines is 1. The number of nitrogens with one attached hydrogen (secondary N) is 2. The van der Waals surface area contributed by atoms with E-state index in [1.807, 2.05) is 0 Å². The van der Waals surface area contributed by atoms with E-state index >= 15 is 0 Å². The van der Waals surface area contributed by atoms with Crippen molar-refractivity contribution in [2.45, 2.75) is 11.8 Å². The van der Waals surface area contributed by atoms with Gasteiger partial charge in [0.2, 0.25) is 15.9 Å². The summed E-state index contributed by atoms with van der Waals surface area (Å²) in [5, 5.41) is 3.17. The van der Waals surface area contributed by atoms with Crippen LogP contribution in [-0.4, -0.2) is 32.4 Å². The van der Waals surface area contributed by atoms with Crippen LogP contribution in [0.15, 0.2) is 35.2 Å². The third kappa shape index (κ3) is 3.67. The number of nitrogens with zero attached hydrogens (tertiary/aromatic N) is 1. The lowest BCUT2D eigenvalue weighted by Gasteiger charge is -2.08. The van der Waals surface area contributed by atoms with Crippen LogP contribution in [0.1, 0.15) is 6.92 Å². The number of nitrogen functional groups attached to an aromatic ring is 1. The average molecular weight is 308 g/mol. The van der Waals surface area contributed by atoms with E-state index in [0.717, 1.165) is 0 Å². The molecule has 21 heavy (non-hydrogen) atoms. The van der Waals surface area contributed by atoms with Crippen LogP contribution in [0, 0.1) is 0 Å². The number of amides is 1. The SMILES string of the molecule is CCNC(=O)CNS(=O)(=O)c1ccc2nc(N)ccc2c1. The summed E-state index contributed by atoms with van der Waals surface area (Å²) < 4.78 is 26.5. The predicted molar refractivity (Wildman–Crippen MR) is 80.0 cm³/mol. The lowest BCUT2D eigenvalue weighted by atomic mass is 10.2. The van der Waals surface area contributed by atoms with Gasteiger partial charge >= 0.3 is 0 Å². The molecule has 1 heterocycles. The van der Waals surface area contributed by atoms with Gasteiger partial charge in [-0.2, -0.15) is 0 Å². The summed E-state index contributed by atoms with van der Waals surface area (Å²) >= 11 is 0. The van der Waals surface area contributed by atoms with Gasteiger partial charge in [-0.15, -0.1) is 0 Å². The molecule has 7 nitrogen and oxygen atoms in total. The smallest absolute Gasteiger partial charge is 0.241 e. The molecule has 8 heteroatoms. The standard InChI is InChI=1S/C13H16N4O3S/c1-2-15-13(18)8-16-21(19,20)10-4-5-11-9(7-10)3-6-12(14)17-11/h3-7,16H,2,8H2,1H3,(H2,14,17)(H,15,18). The van der Waals surface area contributed by atoms with Crippen molar-refractivity contribution >= 4 is 32.7 Å². The fourth-order valence-electron chi connectivity index (χ4n) is 1.79. The van der Waals surface area contributed by atoms with Crippen LogP contribution >= 0.6 is 0 Å². The number of hydrogen-bond acceptors (Lipinski definition) is 5. The quantitative estimate of drug-likeness (QED) is 0.731. The summed E-state index contributed by atoms with van der Waals surface area (Å²) in [5.41, 5.74) is 6.18. The van der Waals surface area contributed by atoms with Crippen molar-refractivity contribution in [1.29, 1.82) is 0 Å². The van der Waals surface area contributed by atoms with E-state index < -0.39 is 10.0 Å². The van der Waals surface area contributed by atoms with E-state index in [1.165, 1.54) is 12.1 Å². The molecule has 4 N–H and O–H groups in total. The summed E-state index contributed by atoms with van der Waals surface area (Å²) in [7, 11) is -3.75. The number of hydrogen-bond donors (Lipinski definition) is 3. The number of benzene rings is 1. The third-order valence-electron chi connectivity index (χ3n) is 2.79. The molecule has 1 aromatic carbocycles. The van der Waals surface area contributed by atoms with Gasteiger partial charge in [0, 0.05) is 11.9 Å². The highest BCUT2D eigenvalue weighted by Gasteiger charge is 2.15. The van der Waals surface area contributed by atoms with Crippen molar-refractivity contribution in [3.8, 4) is 0 Å². The van der Waals surface area contributed by atoms with Crippen LogP contribution in [0.3, 0.4) is 0 Å². The maximum atomic E-state index is 12.1. The first kappa shape index (κ1) is 15.2. The summed E-state index contributed by atoms with van der Waals surface area (Å²) in [6.07, 6.45) is 0. The van der Waals surface area contributed by atoms with Gasteiger partial charge < -0.3 is 11.1 Å². The first-order valence-electron chi connectivity index (χ1n) is 6.35. The summed E-state index contributed by atoms with van der Waals surface area (Å²) in [6.45, 7) is 1.91. The predicted octanol–water partition coefficient (Wildman–Crippen LogP) is 0.231. The molecule has 2 aromatic rings. The van der Waals surface area contributed by atoms with Gasteiger partial charge in [-0.05, 0) is 37.3 Å². The number of likely N-dealkylation sites (N-methyl/N-ethyl adjacent to an activating group) is 1. The van der Waals surface area contributed by atoms with E-state index in [2.05, 4.69) is 15.0 Å². The summed E-state index contributed by atoms with van der Waals surface area (Å²) in [5.74, 6) is -0.0104. The minimum absolute atomic E-state index is 0.0749. The number of aromatic nitrogens is 1. The number of rotatable bonds is 5. The Hall–Kier alpha value is -2.19. The zero-order valence-electron chi connectivity index (χ0n) is 11.5. The second-order valence-corrected chi connectivity index (χ2v) is 6.14. The molecular weight excluding hydrogens is 292 g/mol. The van der Waals surface area contributed by atoms with Crippen LogP contribution in [-0.2, 0) is 14.8 Å². The molecule has 0 fully saturated rings. The van der Waals surface area contributed by atoms with Crippen molar-refractivity contribution in [1.82, 2.24) is 15.0 Å². The molecule has 1 amide bonds. The van der Waals surface area contributed by atoms with Gasteiger partial charge in [-0.1, -0.05) is 0 Å². The molecule has 0 bridgehead atoms. The van der Waals surface area contributed by atoms with E-state index in [0.29, 0.717) is 23.3 Å². The number of nitrogens with two attached hydrogens (primary N) is 1. The first-order chi connectivity index (χ1) is 9.92. The Kier molecular flexibility index (Phi) is 4.39. The van der Waals surface area contributed by atoms with Gasteiger partial charge in [0.25, 0.3) is 0 Å². The van der Waals surface area contributed by atoms with Gasteiger partial charge in [-0.25, -0.2) is 18.1 Å². The zero-order chi connectivity index (χ0) is 15.5. The topological polar surface area (TPSA) is 114 Å². The average Bonchev–Trinajstić information content (AvgIpc) is 2.45. The molecule has 0 saturated carbocycles. The molecule has 0 aliphatic heterocycles. The Morgan fingerprint density at radius 3 is 2.76 bits per heavy atom. The van der Waals surface area contributed by atoms with E-state index in [-0.39, 0.29) is 17.3 Å². The van der Waals surface area contributed by atoms with Crippen LogP contribution in [0.2, 0.25) is 0 Å². The summed E-state index contributed by atoms with van der Waals surface area (Å²) in [4.78, 5) is 15.5. The number of carbonyl (C=O) groups is 1. The van der Waals surface area contributed by atoms with Gasteiger partial charge in [0.1, 0.15) is 5.82 Å². The Bertz CT molecular complexity index is 774. The fraction of sp³-hybridized carbons (Fsp3) is 0.231. The molecular formula is C13H16N4O3S. The van der Waals surface area contributed by atoms with Crippen LogP contribution in [0.5, 0.6) is 0 Å². The molecule has 112 valence electrons. The second kappa shape index (κ2) is 6.06. The highest BCUT2D eigenvalue weighted by atomic mass is 32.2. The molecule has 0 spiro atoms. The van der Waals surface area contributed by atoms with Gasteiger partial charge in [-0.3, -0.25) is 4.79 Å². The third-order valence-corrected chi connectivity index (χ3v) is 4.19. The van der Waals surface area contributed by atoms with Crippen molar-refractivity contribution in [2.24, 2.45) is 0 Å². The largest absolute Gasteiger partial charge is 0.384 e. The molecule has 0 aliphatic carbocycles. The van der Waals surface area contributed by atoms with Crippen molar-refractivity contribution in [3.05, 3.63) is 30.3 Å². The maximum Gasteiger partial charge on any atom is 0.241 e. The lowest BCUT2D eigenvalue weighted by Crippen LogP contribution is -2.36. The lowest BCUT2D eigenvalue weighted by molar-refractivity contribution is -0.119. The van der Waals surface area contributed by atoms with Crippen molar-refractivity contribution < 1.29 is 13.2 Å². The minimum atomic E-state index is -3.75. The molecule has 0 radical (unpaired) electrons. The normalized spacial score (nSPS) is 11.5. The molecule has 0 saturated heterocycles. The monoisotopic (exact) mass is 308 g/mol. The highest BCUT2D eigenvalue weighted by molar-refractivity contribution is 7.89. The first-order valence-corrected chi connectivity index (χ1v) is 7.83. The van der Waals surface area contributed by atoms with Gasteiger partial charge in [0.15, 0.2) is 0 Å². The van der Waals surface area contributed by atoms with E-state index in [9.17, 15) is 13.2 Å².